The summed E-state index contributed by atoms with van der Waals surface area (Å²) in [5, 5.41) is 0. The molecule has 1 atom stereocenters. The summed E-state index contributed by atoms with van der Waals surface area (Å²) in [7, 11) is -7.54. The number of Topliss-reactive ketones (excluding diaryl/α,β-unsaturated/α-hetero) is 1. The van der Waals surface area contributed by atoms with E-state index in [4.69, 9.17) is 9.47 Å². The van der Waals surface area contributed by atoms with Gasteiger partial charge in [0.05, 0.1) is 35.0 Å². The molecule has 210 valence electrons. The second-order valence-electron chi connectivity index (χ2n) is 9.31. The van der Waals surface area contributed by atoms with Gasteiger partial charge in [0, 0.05) is 6.54 Å². The van der Waals surface area contributed by atoms with E-state index in [0.29, 0.717) is 35.7 Å². The number of benzene rings is 3. The molecule has 1 amide bonds. The van der Waals surface area contributed by atoms with E-state index in [1.165, 1.54) is 27.4 Å². The topological polar surface area (TPSA) is 137 Å². The average Bonchev–Trinajstić information content (AvgIpc) is 3.13. The van der Waals surface area contributed by atoms with Crippen molar-refractivity contribution >= 4 is 37.5 Å². The van der Waals surface area contributed by atoms with Crippen molar-refractivity contribution in [2.24, 2.45) is 0 Å². The molecule has 2 aliphatic rings. The molecule has 0 spiro atoms. The summed E-state index contributed by atoms with van der Waals surface area (Å²) >= 11 is 0. The van der Waals surface area contributed by atoms with Gasteiger partial charge in [0.15, 0.2) is 0 Å². The molecule has 0 aliphatic carbocycles. The Kier molecular flexibility index (Phi) is 7.64. The maximum atomic E-state index is 13.4. The maximum absolute atomic E-state index is 13.4. The molecule has 13 heteroatoms. The lowest BCUT2D eigenvalue weighted by Gasteiger charge is -2.39. The highest BCUT2D eigenvalue weighted by atomic mass is 32.2. The lowest BCUT2D eigenvalue weighted by atomic mass is 10.1. The molecule has 0 aromatic heterocycles. The fraction of sp³-hybridized carbons (Fsp3) is 0.259. The van der Waals surface area contributed by atoms with Crippen LogP contribution < -0.4 is 14.4 Å². The molecule has 5 rings (SSSR count). The number of ether oxygens (including phenoxy) is 2. The molecule has 11 nitrogen and oxygen atoms in total. The number of hydrogen-bond donors (Lipinski definition) is 0. The molecular weight excluding hydrogens is 560 g/mol. The van der Waals surface area contributed by atoms with Crippen LogP contribution >= 0.6 is 0 Å². The van der Waals surface area contributed by atoms with E-state index in [1.54, 1.807) is 36.4 Å². The normalized spacial score (nSPS) is 17.4. The zero-order valence-corrected chi connectivity index (χ0v) is 23.1. The maximum Gasteiger partial charge on any atom is 0.299 e. The lowest BCUT2D eigenvalue weighted by molar-refractivity contribution is -0.114. The monoisotopic (exact) mass is 586 g/mol. The summed E-state index contributed by atoms with van der Waals surface area (Å²) in [6, 6.07) is 19.4. The quantitative estimate of drug-likeness (QED) is 0.189. The molecule has 0 saturated carbocycles. The fourth-order valence-electron chi connectivity index (χ4n) is 4.39. The Labute approximate surface area is 232 Å². The number of fused-ring (bicyclic) bond motifs is 1. The van der Waals surface area contributed by atoms with Gasteiger partial charge >= 0.3 is 0 Å². The number of nitrogens with zero attached hydrogens (tertiary/aromatic N) is 2. The number of sulfonamides is 1. The van der Waals surface area contributed by atoms with Crippen LogP contribution in [-0.4, -0.2) is 65.1 Å². The lowest BCUT2D eigenvalue weighted by Crippen LogP contribution is -2.53. The number of hydrogen-bond acceptors (Lipinski definition) is 9. The third kappa shape index (κ3) is 5.87. The number of ketones is 1. The Balaban J connectivity index is 1.27. The molecule has 1 unspecified atom stereocenters. The van der Waals surface area contributed by atoms with Crippen LogP contribution in [0.15, 0.2) is 77.7 Å². The molecule has 1 fully saturated rings. The fourth-order valence-corrected chi connectivity index (χ4v) is 6.30. The van der Waals surface area contributed by atoms with E-state index in [1.807, 2.05) is 18.2 Å². The first kappa shape index (κ1) is 27.8. The molecule has 0 radical (unpaired) electrons. The number of rotatable bonds is 11. The highest BCUT2D eigenvalue weighted by molar-refractivity contribution is 7.89. The van der Waals surface area contributed by atoms with E-state index in [9.17, 15) is 26.4 Å². The standard InChI is InChI=1S/C27H26N2O9S2/c1-39(32,33)38-18-37-22-9-7-19(8-10-22)16-28-25-12-11-23(15-24(25)26(30)27(28)31)40(34,35)29-14-13-20(29)17-36-21-5-3-2-4-6-21/h2-12,15,20H,13-14,16-18H2,1H3. The summed E-state index contributed by atoms with van der Waals surface area (Å²) in [5.74, 6) is -0.538. The van der Waals surface area contributed by atoms with Gasteiger partial charge in [-0.15, -0.1) is 0 Å². The molecule has 0 N–H and O–H groups in total. The summed E-state index contributed by atoms with van der Waals surface area (Å²) in [5.41, 5.74) is 1.02. The summed E-state index contributed by atoms with van der Waals surface area (Å²) in [4.78, 5) is 26.8. The third-order valence-electron chi connectivity index (χ3n) is 6.58. The van der Waals surface area contributed by atoms with Crippen molar-refractivity contribution in [2.75, 3.05) is 31.1 Å². The molecule has 3 aromatic carbocycles. The van der Waals surface area contributed by atoms with E-state index >= 15 is 0 Å². The second-order valence-corrected chi connectivity index (χ2v) is 12.8. The second kappa shape index (κ2) is 11.0. The molecule has 2 aliphatic heterocycles. The SMILES string of the molecule is CS(=O)(=O)OCOc1ccc(CN2C(=O)C(=O)c3cc(S(=O)(=O)N4CCC4COc4ccccc4)ccc32)cc1. The molecule has 0 bridgehead atoms. The van der Waals surface area contributed by atoms with Crippen molar-refractivity contribution in [3.8, 4) is 11.5 Å². The predicted octanol–water partition coefficient (Wildman–Crippen LogP) is 2.57. The van der Waals surface area contributed by atoms with Crippen LogP contribution in [0.3, 0.4) is 0 Å². The van der Waals surface area contributed by atoms with Crippen molar-refractivity contribution in [3.05, 3.63) is 83.9 Å². The van der Waals surface area contributed by atoms with Crippen molar-refractivity contribution in [1.82, 2.24) is 4.31 Å². The van der Waals surface area contributed by atoms with Gasteiger partial charge in [-0.05, 0) is 54.4 Å². The summed E-state index contributed by atoms with van der Waals surface area (Å²) in [6.07, 6.45) is 1.56. The van der Waals surface area contributed by atoms with Crippen molar-refractivity contribution in [1.29, 1.82) is 0 Å². The van der Waals surface area contributed by atoms with Crippen molar-refractivity contribution in [2.45, 2.75) is 23.9 Å². The van der Waals surface area contributed by atoms with Gasteiger partial charge in [-0.3, -0.25) is 9.59 Å². The van der Waals surface area contributed by atoms with E-state index in [2.05, 4.69) is 4.18 Å². The van der Waals surface area contributed by atoms with Gasteiger partial charge in [0.1, 0.15) is 18.1 Å². The smallest absolute Gasteiger partial charge is 0.299 e. The number of para-hydroxylation sites is 1. The highest BCUT2D eigenvalue weighted by Crippen LogP contribution is 2.35. The predicted molar refractivity (Wildman–Crippen MR) is 144 cm³/mol. The minimum atomic E-state index is -3.91. The van der Waals surface area contributed by atoms with E-state index < -0.39 is 38.6 Å². The molecule has 40 heavy (non-hydrogen) atoms. The van der Waals surface area contributed by atoms with Crippen LogP contribution in [-0.2, 0) is 35.7 Å². The first-order chi connectivity index (χ1) is 19.0. The summed E-state index contributed by atoms with van der Waals surface area (Å²) in [6.45, 7) is 0.123. The van der Waals surface area contributed by atoms with E-state index in [0.717, 1.165) is 6.26 Å². The minimum absolute atomic E-state index is 0.0292. The van der Waals surface area contributed by atoms with Gasteiger partial charge in [0.25, 0.3) is 21.8 Å². The molecular formula is C27H26N2O9S2. The molecule has 1 saturated heterocycles. The Morgan fingerprint density at radius 3 is 2.23 bits per heavy atom. The van der Waals surface area contributed by atoms with Gasteiger partial charge < -0.3 is 14.4 Å². The van der Waals surface area contributed by atoms with E-state index in [-0.39, 0.29) is 29.7 Å². The van der Waals surface area contributed by atoms with Gasteiger partial charge in [0.2, 0.25) is 16.8 Å². The molecule has 3 aromatic rings. The highest BCUT2D eigenvalue weighted by Gasteiger charge is 2.41. The number of carbonyl (C=O) groups excluding carboxylic acids is 2. The number of amides is 1. The average molecular weight is 587 g/mol. The van der Waals surface area contributed by atoms with Gasteiger partial charge in [-0.25, -0.2) is 12.6 Å². The Morgan fingerprint density at radius 1 is 0.875 bits per heavy atom. The zero-order chi connectivity index (χ0) is 28.5. The first-order valence-electron chi connectivity index (χ1n) is 12.3. The van der Waals surface area contributed by atoms with Crippen LogP contribution in [0.25, 0.3) is 0 Å². The first-order valence-corrected chi connectivity index (χ1v) is 15.5. The third-order valence-corrected chi connectivity index (χ3v) is 9.05. The molecule has 2 heterocycles. The van der Waals surface area contributed by atoms with Crippen LogP contribution in [0.2, 0.25) is 0 Å². The number of anilines is 1. The number of carbonyl (C=O) groups is 2. The van der Waals surface area contributed by atoms with Crippen molar-refractivity contribution in [3.63, 3.8) is 0 Å². The van der Waals surface area contributed by atoms with Crippen LogP contribution in [0.4, 0.5) is 5.69 Å². The van der Waals surface area contributed by atoms with Gasteiger partial charge in [-0.2, -0.15) is 12.7 Å². The van der Waals surface area contributed by atoms with Crippen LogP contribution in [0.5, 0.6) is 11.5 Å². The van der Waals surface area contributed by atoms with Crippen LogP contribution in [0.1, 0.15) is 22.3 Å². The Morgan fingerprint density at radius 2 is 1.57 bits per heavy atom. The van der Waals surface area contributed by atoms with Crippen LogP contribution in [0, 0.1) is 0 Å². The Bertz CT molecular complexity index is 1640. The van der Waals surface area contributed by atoms with Crippen molar-refractivity contribution < 1.29 is 40.1 Å². The summed E-state index contributed by atoms with van der Waals surface area (Å²) < 4.78 is 65.6. The zero-order valence-electron chi connectivity index (χ0n) is 21.4. The largest absolute Gasteiger partial charge is 0.492 e. The minimum Gasteiger partial charge on any atom is -0.492 e. The van der Waals surface area contributed by atoms with Gasteiger partial charge in [-0.1, -0.05) is 30.3 Å². The Hall–Kier alpha value is -3.78.